The molecule has 0 bridgehead atoms. The van der Waals surface area contributed by atoms with Crippen molar-refractivity contribution < 1.29 is 14.3 Å². The standard InChI is InChI=1S/C14H20N4O3/c1-7(2)12(13(15)19)18-9-6-11(21-4)10(20-3)5-8(9)17-14(18)16/h5-7,12H,1-4H3,(H2,15,19)(H2,16,17). The Hall–Kier alpha value is -2.44. The molecule has 1 unspecified atom stereocenters. The zero-order chi connectivity index (χ0) is 15.7. The zero-order valence-electron chi connectivity index (χ0n) is 12.6. The third-order valence-corrected chi connectivity index (χ3v) is 3.42. The van der Waals surface area contributed by atoms with Gasteiger partial charge in [-0.1, -0.05) is 13.8 Å². The molecule has 0 aliphatic rings. The fraction of sp³-hybridized carbons (Fsp3) is 0.429. The molecule has 7 heteroatoms. The number of benzene rings is 1. The number of nitrogens with two attached hydrogens (primary N) is 2. The van der Waals surface area contributed by atoms with Gasteiger partial charge in [0.05, 0.1) is 25.3 Å². The van der Waals surface area contributed by atoms with Crippen molar-refractivity contribution in [1.82, 2.24) is 9.55 Å². The van der Waals surface area contributed by atoms with E-state index in [0.717, 1.165) is 0 Å². The second-order valence-corrected chi connectivity index (χ2v) is 5.13. The first-order chi connectivity index (χ1) is 9.90. The van der Waals surface area contributed by atoms with Crippen molar-refractivity contribution in [2.75, 3.05) is 20.0 Å². The van der Waals surface area contributed by atoms with Crippen LogP contribution >= 0.6 is 0 Å². The lowest BCUT2D eigenvalue weighted by atomic mass is 10.0. The molecule has 1 aromatic carbocycles. The van der Waals surface area contributed by atoms with Gasteiger partial charge in [0.2, 0.25) is 11.9 Å². The highest BCUT2D eigenvalue weighted by Gasteiger charge is 2.26. The maximum atomic E-state index is 11.8. The summed E-state index contributed by atoms with van der Waals surface area (Å²) in [6, 6.07) is 2.89. The van der Waals surface area contributed by atoms with Crippen LogP contribution in [-0.2, 0) is 4.79 Å². The van der Waals surface area contributed by atoms with Gasteiger partial charge in [-0.3, -0.25) is 9.36 Å². The van der Waals surface area contributed by atoms with Gasteiger partial charge in [0, 0.05) is 12.1 Å². The lowest BCUT2D eigenvalue weighted by Crippen LogP contribution is -2.31. The number of ether oxygens (including phenoxy) is 2. The molecule has 0 aliphatic carbocycles. The number of amides is 1. The fourth-order valence-electron chi connectivity index (χ4n) is 2.49. The van der Waals surface area contributed by atoms with E-state index in [1.165, 1.54) is 0 Å². The van der Waals surface area contributed by atoms with Crippen molar-refractivity contribution in [3.05, 3.63) is 12.1 Å². The van der Waals surface area contributed by atoms with E-state index in [4.69, 9.17) is 20.9 Å². The summed E-state index contributed by atoms with van der Waals surface area (Å²) in [5.74, 6) is 0.854. The van der Waals surface area contributed by atoms with Crippen LogP contribution in [0.1, 0.15) is 19.9 Å². The van der Waals surface area contributed by atoms with Gasteiger partial charge < -0.3 is 20.9 Å². The molecule has 1 aromatic heterocycles. The number of anilines is 1. The molecule has 0 radical (unpaired) electrons. The van der Waals surface area contributed by atoms with E-state index in [1.54, 1.807) is 30.9 Å². The van der Waals surface area contributed by atoms with E-state index < -0.39 is 11.9 Å². The molecular weight excluding hydrogens is 272 g/mol. The highest BCUT2D eigenvalue weighted by molar-refractivity contribution is 5.87. The average molecular weight is 292 g/mol. The van der Waals surface area contributed by atoms with E-state index in [9.17, 15) is 4.79 Å². The number of rotatable bonds is 5. The van der Waals surface area contributed by atoms with Crippen LogP contribution in [0, 0.1) is 5.92 Å². The second kappa shape index (κ2) is 5.51. The van der Waals surface area contributed by atoms with E-state index in [1.807, 2.05) is 13.8 Å². The predicted molar refractivity (Wildman–Crippen MR) is 80.3 cm³/mol. The number of aromatic nitrogens is 2. The maximum absolute atomic E-state index is 11.8. The predicted octanol–water partition coefficient (Wildman–Crippen LogP) is 1.32. The Kier molecular flexibility index (Phi) is 3.93. The van der Waals surface area contributed by atoms with Crippen LogP contribution in [0.4, 0.5) is 5.95 Å². The number of imidazole rings is 1. The number of fused-ring (bicyclic) bond motifs is 1. The van der Waals surface area contributed by atoms with Gasteiger partial charge in [-0.05, 0) is 5.92 Å². The maximum Gasteiger partial charge on any atom is 0.240 e. The number of carbonyl (C=O) groups excluding carboxylic acids is 1. The Morgan fingerprint density at radius 2 is 1.81 bits per heavy atom. The van der Waals surface area contributed by atoms with E-state index in [-0.39, 0.29) is 11.9 Å². The first-order valence-corrected chi connectivity index (χ1v) is 6.59. The summed E-state index contributed by atoms with van der Waals surface area (Å²) in [6.45, 7) is 3.81. The lowest BCUT2D eigenvalue weighted by Gasteiger charge is -2.21. The number of hydrogen-bond acceptors (Lipinski definition) is 5. The number of nitrogen functional groups attached to an aromatic ring is 1. The summed E-state index contributed by atoms with van der Waals surface area (Å²) in [7, 11) is 3.09. The molecule has 1 heterocycles. The van der Waals surface area contributed by atoms with E-state index >= 15 is 0 Å². The largest absolute Gasteiger partial charge is 0.493 e. The summed E-state index contributed by atoms with van der Waals surface area (Å²) in [6.07, 6.45) is 0. The number of primary amides is 1. The van der Waals surface area contributed by atoms with Crippen molar-refractivity contribution in [3.63, 3.8) is 0 Å². The third kappa shape index (κ3) is 2.46. The minimum Gasteiger partial charge on any atom is -0.493 e. The topological polar surface area (TPSA) is 105 Å². The molecule has 1 amide bonds. The first-order valence-electron chi connectivity index (χ1n) is 6.59. The van der Waals surface area contributed by atoms with Gasteiger partial charge in [-0.2, -0.15) is 0 Å². The summed E-state index contributed by atoms with van der Waals surface area (Å²) in [5, 5.41) is 0. The first kappa shape index (κ1) is 15.0. The minimum atomic E-state index is -0.576. The van der Waals surface area contributed by atoms with Gasteiger partial charge in [0.15, 0.2) is 11.5 Å². The highest BCUT2D eigenvalue weighted by Crippen LogP contribution is 2.35. The highest BCUT2D eigenvalue weighted by atomic mass is 16.5. The molecule has 114 valence electrons. The van der Waals surface area contributed by atoms with Crippen molar-refractivity contribution in [2.24, 2.45) is 11.7 Å². The number of nitrogens with zero attached hydrogens (tertiary/aromatic N) is 2. The Balaban J connectivity index is 2.74. The zero-order valence-corrected chi connectivity index (χ0v) is 12.6. The number of methoxy groups -OCH3 is 2. The Morgan fingerprint density at radius 3 is 2.29 bits per heavy atom. The molecule has 0 spiro atoms. The monoisotopic (exact) mass is 292 g/mol. The Bertz CT molecular complexity index is 678. The molecule has 1 atom stereocenters. The van der Waals surface area contributed by atoms with Crippen LogP contribution in [-0.4, -0.2) is 29.7 Å². The lowest BCUT2D eigenvalue weighted by molar-refractivity contribution is -0.122. The molecule has 0 aliphatic heterocycles. The Labute approximate surface area is 122 Å². The molecule has 0 saturated heterocycles. The normalized spacial score (nSPS) is 12.6. The Morgan fingerprint density at radius 1 is 1.24 bits per heavy atom. The molecule has 21 heavy (non-hydrogen) atoms. The fourth-order valence-corrected chi connectivity index (χ4v) is 2.49. The smallest absolute Gasteiger partial charge is 0.240 e. The third-order valence-electron chi connectivity index (χ3n) is 3.42. The quantitative estimate of drug-likeness (QED) is 0.864. The van der Waals surface area contributed by atoms with Crippen molar-refractivity contribution in [2.45, 2.75) is 19.9 Å². The van der Waals surface area contributed by atoms with E-state index in [2.05, 4.69) is 4.98 Å². The molecule has 7 nitrogen and oxygen atoms in total. The second-order valence-electron chi connectivity index (χ2n) is 5.13. The van der Waals surface area contributed by atoms with Crippen LogP contribution in [0.15, 0.2) is 12.1 Å². The number of carbonyl (C=O) groups is 1. The van der Waals surface area contributed by atoms with Crippen LogP contribution < -0.4 is 20.9 Å². The molecule has 2 rings (SSSR count). The molecule has 2 aromatic rings. The molecule has 4 N–H and O–H groups in total. The van der Waals surface area contributed by atoms with Crippen molar-refractivity contribution in [3.8, 4) is 11.5 Å². The average Bonchev–Trinajstić information content (AvgIpc) is 2.72. The minimum absolute atomic E-state index is 0.0182. The van der Waals surface area contributed by atoms with Crippen LogP contribution in [0.3, 0.4) is 0 Å². The van der Waals surface area contributed by atoms with Gasteiger partial charge >= 0.3 is 0 Å². The van der Waals surface area contributed by atoms with Crippen LogP contribution in [0.25, 0.3) is 11.0 Å². The van der Waals surface area contributed by atoms with Crippen LogP contribution in [0.5, 0.6) is 11.5 Å². The molecular formula is C14H20N4O3. The SMILES string of the molecule is COc1cc2nc(N)n(C(C(N)=O)C(C)C)c2cc1OC. The summed E-state index contributed by atoms with van der Waals surface area (Å²) < 4.78 is 12.2. The van der Waals surface area contributed by atoms with Gasteiger partial charge in [0.1, 0.15) is 6.04 Å². The van der Waals surface area contributed by atoms with Gasteiger partial charge in [0.25, 0.3) is 0 Å². The van der Waals surface area contributed by atoms with Crippen molar-refractivity contribution in [1.29, 1.82) is 0 Å². The van der Waals surface area contributed by atoms with Crippen LogP contribution in [0.2, 0.25) is 0 Å². The summed E-state index contributed by atoms with van der Waals surface area (Å²) in [4.78, 5) is 16.1. The van der Waals surface area contributed by atoms with Crippen molar-refractivity contribution >= 4 is 22.9 Å². The molecule has 0 saturated carbocycles. The summed E-state index contributed by atoms with van der Waals surface area (Å²) in [5.41, 5.74) is 12.8. The number of hydrogen-bond donors (Lipinski definition) is 2. The van der Waals surface area contributed by atoms with Gasteiger partial charge in [-0.15, -0.1) is 0 Å². The van der Waals surface area contributed by atoms with E-state index in [0.29, 0.717) is 22.5 Å². The molecule has 0 fully saturated rings. The van der Waals surface area contributed by atoms with Gasteiger partial charge in [-0.25, -0.2) is 4.98 Å². The summed E-state index contributed by atoms with van der Waals surface area (Å²) >= 11 is 0.